The summed E-state index contributed by atoms with van der Waals surface area (Å²) in [6.45, 7) is 9.94. The van der Waals surface area contributed by atoms with Crippen LogP contribution in [0.15, 0.2) is 60.9 Å². The molecule has 202 valence electrons. The highest BCUT2D eigenvalue weighted by Crippen LogP contribution is 2.14. The van der Waals surface area contributed by atoms with Crippen LogP contribution in [0.25, 0.3) is 0 Å². The molecule has 0 aliphatic carbocycles. The molecule has 0 radical (unpaired) electrons. The van der Waals surface area contributed by atoms with Gasteiger partial charge < -0.3 is 14.3 Å². The fraction of sp³-hybridized carbons (Fsp3) is 0.353. The number of carbonyl (C=O) groups excluding carboxylic acids is 2. The van der Waals surface area contributed by atoms with Crippen LogP contribution in [0.1, 0.15) is 75.4 Å². The lowest BCUT2D eigenvalue weighted by molar-refractivity contribution is -0.118. The van der Waals surface area contributed by atoms with Crippen LogP contribution < -0.4 is 4.74 Å². The van der Waals surface area contributed by atoms with Gasteiger partial charge in [-0.3, -0.25) is 0 Å². The average molecular weight is 523 g/mol. The van der Waals surface area contributed by atoms with Gasteiger partial charge in [0.25, 0.3) is 0 Å². The van der Waals surface area contributed by atoms with Crippen LogP contribution in [0.3, 0.4) is 0 Å². The molecule has 0 bridgehead atoms. The first-order valence-corrected chi connectivity index (χ1v) is 13.3. The molecule has 1 aromatic heterocycles. The molecule has 3 rings (SSSR count). The first kappa shape index (κ1) is 31.0. The van der Waals surface area contributed by atoms with Gasteiger partial charge in [-0.2, -0.15) is 0 Å². The van der Waals surface area contributed by atoms with Crippen molar-refractivity contribution in [3.63, 3.8) is 0 Å². The van der Waals surface area contributed by atoms with E-state index in [-0.39, 0.29) is 11.6 Å². The Balaban J connectivity index is 0.000000306. The molecule has 0 amide bonds. The molecule has 0 fully saturated rings. The van der Waals surface area contributed by atoms with Crippen LogP contribution in [0.5, 0.6) is 5.88 Å². The maximum Gasteiger partial charge on any atom is 0.217 e. The zero-order valence-corrected chi connectivity index (χ0v) is 23.7. The standard InChI is InChI=1S/C20H22N2O2.C14H16O/c1-4-24-20-13-19(21-14-22-20)10-9-17-5-7-18(8-6-17)12-15(2)11-16(3)23;1-4-13-5-7-14(8-6-13)10-11(2)9-12(3)15/h5-8,13-15H,4,11-12H2,1-3H3;1,5-8,11H,9-10H2,2-3H3. The molecule has 0 saturated heterocycles. The highest BCUT2D eigenvalue weighted by atomic mass is 16.5. The number of terminal acetylenes is 1. The van der Waals surface area contributed by atoms with Gasteiger partial charge in [0.15, 0.2) is 0 Å². The number of rotatable bonds is 10. The Hall–Kier alpha value is -4.22. The maximum atomic E-state index is 11.1. The van der Waals surface area contributed by atoms with Crippen molar-refractivity contribution >= 4 is 11.6 Å². The number of ketones is 2. The molecule has 5 nitrogen and oxygen atoms in total. The first-order valence-electron chi connectivity index (χ1n) is 13.3. The Labute approximate surface area is 233 Å². The number of aromatic nitrogens is 2. The van der Waals surface area contributed by atoms with Crippen molar-refractivity contribution in [3.05, 3.63) is 88.9 Å². The van der Waals surface area contributed by atoms with E-state index in [9.17, 15) is 9.59 Å². The third-order valence-corrected chi connectivity index (χ3v) is 5.78. The number of nitrogens with zero attached hydrogens (tertiary/aromatic N) is 2. The van der Waals surface area contributed by atoms with Crippen LogP contribution in [0.4, 0.5) is 0 Å². The van der Waals surface area contributed by atoms with E-state index in [2.05, 4.69) is 53.7 Å². The van der Waals surface area contributed by atoms with Crippen molar-refractivity contribution in [2.24, 2.45) is 11.8 Å². The Morgan fingerprint density at radius 1 is 0.821 bits per heavy atom. The monoisotopic (exact) mass is 522 g/mol. The van der Waals surface area contributed by atoms with E-state index < -0.39 is 0 Å². The van der Waals surface area contributed by atoms with Gasteiger partial charge in [0.05, 0.1) is 6.61 Å². The predicted octanol–water partition coefficient (Wildman–Crippen LogP) is 6.26. The fourth-order valence-corrected chi connectivity index (χ4v) is 4.16. The normalized spacial score (nSPS) is 11.5. The van der Waals surface area contributed by atoms with E-state index in [0.29, 0.717) is 42.9 Å². The molecule has 2 atom stereocenters. The van der Waals surface area contributed by atoms with Crippen molar-refractivity contribution in [3.8, 4) is 30.1 Å². The summed E-state index contributed by atoms with van der Waals surface area (Å²) < 4.78 is 5.34. The van der Waals surface area contributed by atoms with Gasteiger partial charge in [0, 0.05) is 30.0 Å². The molecule has 39 heavy (non-hydrogen) atoms. The van der Waals surface area contributed by atoms with Crippen molar-refractivity contribution in [1.82, 2.24) is 9.97 Å². The molecule has 2 aromatic carbocycles. The van der Waals surface area contributed by atoms with Crippen molar-refractivity contribution < 1.29 is 14.3 Å². The number of ether oxygens (including phenoxy) is 1. The summed E-state index contributed by atoms with van der Waals surface area (Å²) in [6.07, 6.45) is 9.83. The van der Waals surface area contributed by atoms with Gasteiger partial charge in [-0.25, -0.2) is 9.97 Å². The molecule has 3 aromatic rings. The fourth-order valence-electron chi connectivity index (χ4n) is 4.16. The van der Waals surface area contributed by atoms with Gasteiger partial charge in [0.1, 0.15) is 23.6 Å². The molecule has 2 unspecified atom stereocenters. The van der Waals surface area contributed by atoms with Crippen LogP contribution in [0, 0.1) is 36.0 Å². The smallest absolute Gasteiger partial charge is 0.217 e. The number of Topliss-reactive ketones (excluding diaryl/α,β-unsaturated/α-hetero) is 2. The lowest BCUT2D eigenvalue weighted by Gasteiger charge is -2.09. The summed E-state index contributed by atoms with van der Waals surface area (Å²) in [5, 5.41) is 0. The second-order valence-corrected chi connectivity index (χ2v) is 9.89. The van der Waals surface area contributed by atoms with Crippen LogP contribution >= 0.6 is 0 Å². The molecule has 1 heterocycles. The molecular formula is C34H38N2O3. The molecule has 5 heteroatoms. The summed E-state index contributed by atoms with van der Waals surface area (Å²) in [6, 6.07) is 17.8. The topological polar surface area (TPSA) is 69.2 Å². The van der Waals surface area contributed by atoms with E-state index in [1.54, 1.807) is 19.9 Å². The Kier molecular flexibility index (Phi) is 13.2. The Morgan fingerprint density at radius 3 is 1.79 bits per heavy atom. The number of hydrogen-bond acceptors (Lipinski definition) is 5. The molecule has 0 saturated carbocycles. The maximum absolute atomic E-state index is 11.1. The third kappa shape index (κ3) is 12.7. The van der Waals surface area contributed by atoms with Crippen LogP contribution in [-0.4, -0.2) is 28.1 Å². The zero-order chi connectivity index (χ0) is 28.6. The molecule has 0 aliphatic rings. The van der Waals surface area contributed by atoms with Gasteiger partial charge in [-0.15, -0.1) is 6.42 Å². The molecular weight excluding hydrogens is 484 g/mol. The molecule has 0 spiro atoms. The first-order chi connectivity index (χ1) is 18.7. The van der Waals surface area contributed by atoms with E-state index in [4.69, 9.17) is 11.2 Å². The molecule has 0 N–H and O–H groups in total. The highest BCUT2D eigenvalue weighted by Gasteiger charge is 2.07. The quantitative estimate of drug-likeness (QED) is 0.294. The summed E-state index contributed by atoms with van der Waals surface area (Å²) in [7, 11) is 0. The lowest BCUT2D eigenvalue weighted by atomic mass is 9.96. The van der Waals surface area contributed by atoms with Crippen LogP contribution in [0.2, 0.25) is 0 Å². The SMILES string of the molecule is C#Cc1ccc(CC(C)CC(C)=O)cc1.CCOc1cc(C#Cc2ccc(CC(C)CC(C)=O)cc2)ncn1. The summed E-state index contributed by atoms with van der Waals surface area (Å²) >= 11 is 0. The number of carbonyl (C=O) groups is 2. The zero-order valence-electron chi connectivity index (χ0n) is 23.7. The Bertz CT molecular complexity index is 1310. The largest absolute Gasteiger partial charge is 0.478 e. The van der Waals surface area contributed by atoms with Gasteiger partial charge in [-0.05, 0) is 86.8 Å². The van der Waals surface area contributed by atoms with E-state index in [0.717, 1.165) is 24.0 Å². The van der Waals surface area contributed by atoms with E-state index in [1.165, 1.54) is 17.5 Å². The molecule has 0 aliphatic heterocycles. The second-order valence-electron chi connectivity index (χ2n) is 9.89. The van der Waals surface area contributed by atoms with Crippen molar-refractivity contribution in [2.45, 2.75) is 60.3 Å². The van der Waals surface area contributed by atoms with Gasteiger partial charge >= 0.3 is 0 Å². The van der Waals surface area contributed by atoms with E-state index >= 15 is 0 Å². The van der Waals surface area contributed by atoms with E-state index in [1.807, 2.05) is 43.3 Å². The third-order valence-electron chi connectivity index (χ3n) is 5.78. The summed E-state index contributed by atoms with van der Waals surface area (Å²) in [5.74, 6) is 10.5. The minimum atomic E-state index is 0.237. The summed E-state index contributed by atoms with van der Waals surface area (Å²) in [5.41, 5.74) is 4.91. The van der Waals surface area contributed by atoms with Gasteiger partial charge in [0.2, 0.25) is 5.88 Å². The highest BCUT2D eigenvalue weighted by molar-refractivity contribution is 5.76. The summed E-state index contributed by atoms with van der Waals surface area (Å²) in [4.78, 5) is 30.2. The van der Waals surface area contributed by atoms with Crippen molar-refractivity contribution in [1.29, 1.82) is 0 Å². The Morgan fingerprint density at radius 2 is 1.33 bits per heavy atom. The van der Waals surface area contributed by atoms with Crippen LogP contribution in [-0.2, 0) is 22.4 Å². The van der Waals surface area contributed by atoms with Gasteiger partial charge in [-0.1, -0.05) is 50.0 Å². The number of benzene rings is 2. The predicted molar refractivity (Wildman–Crippen MR) is 156 cm³/mol. The minimum absolute atomic E-state index is 0.237. The number of hydrogen-bond donors (Lipinski definition) is 0. The average Bonchev–Trinajstić information content (AvgIpc) is 2.88. The minimum Gasteiger partial charge on any atom is -0.478 e. The lowest BCUT2D eigenvalue weighted by Crippen LogP contribution is -2.04. The second kappa shape index (κ2) is 16.6. The van der Waals surface area contributed by atoms with Crippen molar-refractivity contribution in [2.75, 3.05) is 6.61 Å².